The largest absolute Gasteiger partial charge is 0.469 e. The third-order valence-corrected chi connectivity index (χ3v) is 8.79. The van der Waals surface area contributed by atoms with Crippen LogP contribution in [0.15, 0.2) is 36.7 Å². The van der Waals surface area contributed by atoms with Crippen LogP contribution in [0.25, 0.3) is 24.3 Å². The maximum absolute atomic E-state index is 13.0. The molecule has 2 aromatic heterocycles. The van der Waals surface area contributed by atoms with Crippen molar-refractivity contribution in [3.63, 3.8) is 0 Å². The number of ether oxygens (including phenoxy) is 2. The Balaban J connectivity index is 1.16. The summed E-state index contributed by atoms with van der Waals surface area (Å²) >= 11 is 0. The smallest absolute Gasteiger partial charge is 0.407 e. The van der Waals surface area contributed by atoms with Crippen molar-refractivity contribution in [1.82, 2.24) is 35.1 Å². The second kappa shape index (κ2) is 15.6. The first-order chi connectivity index (χ1) is 23.2. The fourth-order valence-electron chi connectivity index (χ4n) is 6.18. The van der Waals surface area contributed by atoms with Crippen LogP contribution in [0.4, 0.5) is 4.79 Å². The number of likely N-dealkylation sites (tertiary alicyclic amines) is 2. The van der Waals surface area contributed by atoms with Gasteiger partial charge in [-0.15, -0.1) is 0 Å². The molecule has 3 aromatic rings. The van der Waals surface area contributed by atoms with Gasteiger partial charge in [0, 0.05) is 19.0 Å². The molecule has 48 heavy (non-hydrogen) atoms. The molecule has 254 valence electrons. The zero-order chi connectivity index (χ0) is 34.2. The second-order valence-electron chi connectivity index (χ2n) is 12.2. The minimum absolute atomic E-state index is 0.0609. The number of amides is 3. The summed E-state index contributed by atoms with van der Waals surface area (Å²) in [5, 5.41) is 2.54. The number of esters is 1. The number of aromatic nitrogens is 4. The van der Waals surface area contributed by atoms with Gasteiger partial charge in [-0.1, -0.05) is 43.3 Å². The highest BCUT2D eigenvalue weighted by molar-refractivity contribution is 5.86. The highest BCUT2D eigenvalue weighted by atomic mass is 16.5. The van der Waals surface area contributed by atoms with Gasteiger partial charge in [-0.05, 0) is 55.9 Å². The normalized spacial score (nSPS) is 19.2. The lowest BCUT2D eigenvalue weighted by molar-refractivity contribution is -0.146. The van der Waals surface area contributed by atoms with E-state index in [2.05, 4.69) is 30.0 Å². The van der Waals surface area contributed by atoms with Crippen LogP contribution in [0.3, 0.4) is 0 Å². The molecule has 4 atom stereocenters. The molecule has 5 rings (SSSR count). The van der Waals surface area contributed by atoms with E-state index in [0.717, 1.165) is 54.0 Å². The highest BCUT2D eigenvalue weighted by Gasteiger charge is 2.36. The Morgan fingerprint density at radius 1 is 0.812 bits per heavy atom. The standard InChI is InChI=1S/C35H43N7O6/c1-22(19-30(43)47-3)33(44)41-17-5-7-28(41)31-36-20-26(39-31)15-13-24-9-11-25(12-10-24)14-16-27-21-37-32(40-27)29-8-6-18-42(29)34(45)23(2)38-35(46)48-4/h9-16,20-23,28-29H,5-8,17-19H2,1-4H3,(H,36,39)(H,37,40)(H,38,46)/b15-13+,16-14+/t22-,23+,28+,29+/m1/s1. The SMILES string of the molecule is COC(=O)C[C@@H](C)C(=O)N1CCC[C@H]1c1ncc(/C=C/c2ccc(/C=C/c3cnc([C@@H]4CCCN4C(=O)[C@H](C)NC(=O)OC)[nH]3)cc2)[nH]1. The molecule has 1 aromatic carbocycles. The Morgan fingerprint density at radius 3 is 1.79 bits per heavy atom. The number of H-pyrrole nitrogens is 2. The number of nitrogens with zero attached hydrogens (tertiary/aromatic N) is 4. The number of rotatable bonds is 11. The molecule has 4 heterocycles. The average Bonchev–Trinajstić information content (AvgIpc) is 3.92. The summed E-state index contributed by atoms with van der Waals surface area (Å²) in [7, 11) is 2.60. The molecular weight excluding hydrogens is 614 g/mol. The van der Waals surface area contributed by atoms with Crippen molar-refractivity contribution in [2.45, 2.75) is 64.1 Å². The van der Waals surface area contributed by atoms with Crippen molar-refractivity contribution in [2.75, 3.05) is 27.3 Å². The number of alkyl carbamates (subject to hydrolysis) is 1. The van der Waals surface area contributed by atoms with E-state index >= 15 is 0 Å². The molecule has 13 nitrogen and oxygen atoms in total. The monoisotopic (exact) mass is 657 g/mol. The molecule has 2 aliphatic rings. The summed E-state index contributed by atoms with van der Waals surface area (Å²) in [6, 6.07) is 7.08. The van der Waals surface area contributed by atoms with E-state index in [1.54, 1.807) is 31.1 Å². The summed E-state index contributed by atoms with van der Waals surface area (Å²) in [4.78, 5) is 68.5. The first-order valence-corrected chi connectivity index (χ1v) is 16.2. The number of methoxy groups -OCH3 is 2. The summed E-state index contributed by atoms with van der Waals surface area (Å²) in [6.45, 7) is 4.64. The van der Waals surface area contributed by atoms with Gasteiger partial charge in [0.25, 0.3) is 0 Å². The highest BCUT2D eigenvalue weighted by Crippen LogP contribution is 2.33. The number of hydrogen-bond acceptors (Lipinski definition) is 8. The predicted octanol–water partition coefficient (Wildman–Crippen LogP) is 4.74. The third-order valence-electron chi connectivity index (χ3n) is 8.79. The van der Waals surface area contributed by atoms with E-state index in [0.29, 0.717) is 18.9 Å². The zero-order valence-corrected chi connectivity index (χ0v) is 27.8. The van der Waals surface area contributed by atoms with Gasteiger partial charge in [0.1, 0.15) is 17.7 Å². The van der Waals surface area contributed by atoms with Gasteiger partial charge in [-0.2, -0.15) is 0 Å². The molecule has 0 bridgehead atoms. The number of hydrogen-bond donors (Lipinski definition) is 3. The molecule has 13 heteroatoms. The fourth-order valence-corrected chi connectivity index (χ4v) is 6.18. The number of nitrogens with one attached hydrogen (secondary N) is 3. The van der Waals surface area contributed by atoms with E-state index in [4.69, 9.17) is 4.74 Å². The van der Waals surface area contributed by atoms with Gasteiger partial charge in [-0.25, -0.2) is 14.8 Å². The van der Waals surface area contributed by atoms with Crippen LogP contribution in [-0.4, -0.2) is 87.0 Å². The lowest BCUT2D eigenvalue weighted by atomic mass is 10.1. The third kappa shape index (κ3) is 8.20. The summed E-state index contributed by atoms with van der Waals surface area (Å²) in [6.07, 6.45) is 14.2. The Labute approximate surface area is 279 Å². The number of benzene rings is 1. The minimum Gasteiger partial charge on any atom is -0.469 e. The van der Waals surface area contributed by atoms with E-state index in [1.165, 1.54) is 14.2 Å². The van der Waals surface area contributed by atoms with E-state index in [9.17, 15) is 19.2 Å². The van der Waals surface area contributed by atoms with Crippen LogP contribution in [-0.2, 0) is 23.9 Å². The number of carbonyl (C=O) groups excluding carboxylic acids is 4. The van der Waals surface area contributed by atoms with Gasteiger partial charge >= 0.3 is 12.1 Å². The molecule has 2 fully saturated rings. The topological polar surface area (TPSA) is 163 Å². The van der Waals surface area contributed by atoms with Crippen molar-refractivity contribution < 1.29 is 28.7 Å². The minimum atomic E-state index is -0.697. The Bertz CT molecular complexity index is 1540. The van der Waals surface area contributed by atoms with Gasteiger partial charge in [0.05, 0.1) is 56.5 Å². The summed E-state index contributed by atoms with van der Waals surface area (Å²) < 4.78 is 9.34. The van der Waals surface area contributed by atoms with Gasteiger partial charge in [0.2, 0.25) is 11.8 Å². The lowest BCUT2D eigenvalue weighted by Crippen LogP contribution is -2.46. The molecular formula is C35H43N7O6. The number of carbonyl (C=O) groups is 4. The van der Waals surface area contributed by atoms with Crippen LogP contribution < -0.4 is 5.32 Å². The summed E-state index contributed by atoms with van der Waals surface area (Å²) in [5.41, 5.74) is 3.69. The maximum Gasteiger partial charge on any atom is 0.407 e. The second-order valence-corrected chi connectivity index (χ2v) is 12.2. The van der Waals surface area contributed by atoms with Crippen LogP contribution in [0.5, 0.6) is 0 Å². The van der Waals surface area contributed by atoms with Crippen molar-refractivity contribution in [3.05, 3.63) is 70.8 Å². The average molecular weight is 658 g/mol. The molecule has 0 aliphatic carbocycles. The molecule has 3 N–H and O–H groups in total. The van der Waals surface area contributed by atoms with E-state index in [-0.39, 0.29) is 30.3 Å². The summed E-state index contributed by atoms with van der Waals surface area (Å²) in [5.74, 6) is 0.383. The van der Waals surface area contributed by atoms with Gasteiger partial charge in [0.15, 0.2) is 0 Å². The predicted molar refractivity (Wildman–Crippen MR) is 180 cm³/mol. The Morgan fingerprint density at radius 2 is 1.31 bits per heavy atom. The molecule has 0 unspecified atom stereocenters. The Kier molecular flexibility index (Phi) is 11.1. The quantitative estimate of drug-likeness (QED) is 0.249. The zero-order valence-electron chi connectivity index (χ0n) is 27.8. The van der Waals surface area contributed by atoms with Crippen molar-refractivity contribution in [3.8, 4) is 0 Å². The van der Waals surface area contributed by atoms with Crippen molar-refractivity contribution >= 4 is 48.2 Å². The van der Waals surface area contributed by atoms with Crippen molar-refractivity contribution in [2.24, 2.45) is 5.92 Å². The van der Waals surface area contributed by atoms with Crippen LogP contribution in [0.2, 0.25) is 0 Å². The van der Waals surface area contributed by atoms with E-state index in [1.807, 2.05) is 53.5 Å². The van der Waals surface area contributed by atoms with Crippen LogP contribution in [0, 0.1) is 5.92 Å². The first-order valence-electron chi connectivity index (χ1n) is 16.2. The molecule has 0 saturated carbocycles. The van der Waals surface area contributed by atoms with Crippen LogP contribution in [0.1, 0.15) is 92.2 Å². The maximum atomic E-state index is 13.0. The van der Waals surface area contributed by atoms with Gasteiger partial charge < -0.3 is 34.6 Å². The van der Waals surface area contributed by atoms with E-state index < -0.39 is 24.0 Å². The fraction of sp³-hybridized carbons (Fsp3) is 0.429. The molecule has 0 radical (unpaired) electrons. The molecule has 2 aliphatic heterocycles. The number of aromatic amines is 2. The van der Waals surface area contributed by atoms with Crippen LogP contribution >= 0.6 is 0 Å². The molecule has 0 spiro atoms. The Hall–Kier alpha value is -5.20. The number of imidazole rings is 2. The lowest BCUT2D eigenvalue weighted by Gasteiger charge is -2.26. The van der Waals surface area contributed by atoms with Crippen molar-refractivity contribution in [1.29, 1.82) is 0 Å². The first kappa shape index (κ1) is 34.1. The molecule has 3 amide bonds. The van der Waals surface area contributed by atoms with Gasteiger partial charge in [-0.3, -0.25) is 14.4 Å². The molecule has 2 saturated heterocycles.